The van der Waals surface area contributed by atoms with Gasteiger partial charge in [0.05, 0.1) is 0 Å². The predicted octanol–water partition coefficient (Wildman–Crippen LogP) is 2.16. The molecule has 1 aromatic carbocycles. The fraction of sp³-hybridized carbons (Fsp3) is 0.364. The maximum Gasteiger partial charge on any atom is 0.405 e. The van der Waals surface area contributed by atoms with Gasteiger partial charge in [0.1, 0.15) is 6.10 Å². The summed E-state index contributed by atoms with van der Waals surface area (Å²) in [5.74, 6) is 0. The van der Waals surface area contributed by atoms with Crippen molar-refractivity contribution in [1.29, 1.82) is 0 Å². The number of nitrogens with two attached hydrogens (primary N) is 1. The van der Waals surface area contributed by atoms with Crippen molar-refractivity contribution < 1.29 is 9.53 Å². The third kappa shape index (κ3) is 1.71. The van der Waals surface area contributed by atoms with Crippen molar-refractivity contribution >= 4 is 6.09 Å². The molecular weight excluding hydrogens is 178 g/mol. The summed E-state index contributed by atoms with van der Waals surface area (Å²) < 4.78 is 5.06. The number of primary amides is 1. The van der Waals surface area contributed by atoms with Gasteiger partial charge >= 0.3 is 6.09 Å². The molecule has 3 heteroatoms. The minimum Gasteiger partial charge on any atom is -0.442 e. The number of rotatable bonds is 1. The molecule has 2 rings (SSSR count). The predicted molar refractivity (Wildman–Crippen MR) is 52.8 cm³/mol. The van der Waals surface area contributed by atoms with Crippen molar-refractivity contribution in [2.75, 3.05) is 0 Å². The number of amides is 1. The Hall–Kier alpha value is -1.51. The number of aryl methyl sites for hydroxylation is 1. The van der Waals surface area contributed by atoms with Gasteiger partial charge in [-0.15, -0.1) is 0 Å². The lowest BCUT2D eigenvalue weighted by Crippen LogP contribution is -2.20. The van der Waals surface area contributed by atoms with Gasteiger partial charge < -0.3 is 10.5 Å². The first-order chi connectivity index (χ1) is 6.77. The zero-order chi connectivity index (χ0) is 9.97. The van der Waals surface area contributed by atoms with Gasteiger partial charge in [0.2, 0.25) is 0 Å². The Morgan fingerprint density at radius 3 is 3.00 bits per heavy atom. The summed E-state index contributed by atoms with van der Waals surface area (Å²) in [5, 5.41) is 0. The average Bonchev–Trinajstić information content (AvgIpc) is 2.18. The summed E-state index contributed by atoms with van der Waals surface area (Å²) in [4.78, 5) is 10.7. The highest BCUT2D eigenvalue weighted by atomic mass is 16.6. The van der Waals surface area contributed by atoms with Crippen LogP contribution >= 0.6 is 0 Å². The molecule has 0 saturated heterocycles. The van der Waals surface area contributed by atoms with Crippen LogP contribution in [-0.4, -0.2) is 6.09 Å². The highest BCUT2D eigenvalue weighted by Crippen LogP contribution is 2.31. The maximum absolute atomic E-state index is 10.7. The maximum atomic E-state index is 10.7. The number of hydrogen-bond donors (Lipinski definition) is 1. The summed E-state index contributed by atoms with van der Waals surface area (Å²) in [5.41, 5.74) is 7.40. The quantitative estimate of drug-likeness (QED) is 0.739. The number of fused-ring (bicyclic) bond motifs is 1. The number of hydrogen-bond acceptors (Lipinski definition) is 2. The molecule has 1 aliphatic rings. The minimum absolute atomic E-state index is 0.141. The van der Waals surface area contributed by atoms with Crippen LogP contribution in [0.25, 0.3) is 0 Å². The molecule has 2 N–H and O–H groups in total. The fourth-order valence-corrected chi connectivity index (χ4v) is 1.97. The topological polar surface area (TPSA) is 52.3 Å². The van der Waals surface area contributed by atoms with Gasteiger partial charge in [0.15, 0.2) is 0 Å². The van der Waals surface area contributed by atoms with Crippen molar-refractivity contribution in [2.24, 2.45) is 5.73 Å². The Kier molecular flexibility index (Phi) is 2.39. The van der Waals surface area contributed by atoms with Gasteiger partial charge in [0.25, 0.3) is 0 Å². The lowest BCUT2D eigenvalue weighted by atomic mass is 9.89. The van der Waals surface area contributed by atoms with E-state index < -0.39 is 6.09 Å². The molecule has 0 fully saturated rings. The number of benzene rings is 1. The lowest BCUT2D eigenvalue weighted by molar-refractivity contribution is 0.0959. The second-order valence-electron chi connectivity index (χ2n) is 3.52. The molecule has 0 spiro atoms. The van der Waals surface area contributed by atoms with Crippen LogP contribution in [0.15, 0.2) is 24.3 Å². The molecule has 1 atom stereocenters. The molecule has 0 radical (unpaired) electrons. The first-order valence-corrected chi connectivity index (χ1v) is 4.81. The van der Waals surface area contributed by atoms with E-state index in [2.05, 4.69) is 6.07 Å². The van der Waals surface area contributed by atoms with E-state index in [-0.39, 0.29) is 6.10 Å². The molecule has 1 aliphatic carbocycles. The monoisotopic (exact) mass is 191 g/mol. The van der Waals surface area contributed by atoms with Gasteiger partial charge in [-0.1, -0.05) is 24.3 Å². The summed E-state index contributed by atoms with van der Waals surface area (Å²) in [6, 6.07) is 8.04. The van der Waals surface area contributed by atoms with Crippen LogP contribution in [0.2, 0.25) is 0 Å². The van der Waals surface area contributed by atoms with Crippen LogP contribution in [0, 0.1) is 0 Å². The Bertz CT molecular complexity index is 349. The van der Waals surface area contributed by atoms with Crippen molar-refractivity contribution in [1.82, 2.24) is 0 Å². The Morgan fingerprint density at radius 2 is 2.21 bits per heavy atom. The molecular formula is C11H13NO2. The average molecular weight is 191 g/mol. The number of carbonyl (C=O) groups excluding carboxylic acids is 1. The third-order valence-corrected chi connectivity index (χ3v) is 2.57. The van der Waals surface area contributed by atoms with E-state index in [4.69, 9.17) is 10.5 Å². The molecule has 0 aromatic heterocycles. The zero-order valence-corrected chi connectivity index (χ0v) is 7.90. The largest absolute Gasteiger partial charge is 0.442 e. The molecule has 1 aromatic rings. The summed E-state index contributed by atoms with van der Waals surface area (Å²) in [7, 11) is 0. The van der Waals surface area contributed by atoms with Crippen molar-refractivity contribution in [3.63, 3.8) is 0 Å². The highest BCUT2D eigenvalue weighted by molar-refractivity contribution is 5.65. The van der Waals surface area contributed by atoms with E-state index >= 15 is 0 Å². The molecule has 14 heavy (non-hydrogen) atoms. The van der Waals surface area contributed by atoms with Crippen molar-refractivity contribution in [3.8, 4) is 0 Å². The van der Waals surface area contributed by atoms with Crippen LogP contribution in [0.1, 0.15) is 30.1 Å². The molecule has 74 valence electrons. The van der Waals surface area contributed by atoms with E-state index in [9.17, 15) is 4.79 Å². The first kappa shape index (κ1) is 9.06. The normalized spacial score (nSPS) is 19.9. The van der Waals surface area contributed by atoms with Crippen LogP contribution in [0.4, 0.5) is 4.79 Å². The molecule has 0 saturated carbocycles. The van der Waals surface area contributed by atoms with E-state index in [1.54, 1.807) is 0 Å². The van der Waals surface area contributed by atoms with Crippen molar-refractivity contribution in [3.05, 3.63) is 35.4 Å². The number of carbonyl (C=O) groups is 1. The molecule has 0 aliphatic heterocycles. The van der Waals surface area contributed by atoms with Gasteiger partial charge in [-0.2, -0.15) is 0 Å². The summed E-state index contributed by atoms with van der Waals surface area (Å²) in [6.45, 7) is 0. The Labute approximate surface area is 82.9 Å². The smallest absolute Gasteiger partial charge is 0.405 e. The van der Waals surface area contributed by atoms with E-state index in [1.165, 1.54) is 5.56 Å². The SMILES string of the molecule is NC(=O)OC1CCCc2ccccc21. The van der Waals surface area contributed by atoms with E-state index in [0.717, 1.165) is 24.8 Å². The molecule has 3 nitrogen and oxygen atoms in total. The van der Waals surface area contributed by atoms with E-state index in [0.29, 0.717) is 0 Å². The van der Waals surface area contributed by atoms with Gasteiger partial charge in [-0.05, 0) is 30.4 Å². The fourth-order valence-electron chi connectivity index (χ4n) is 1.97. The summed E-state index contributed by atoms with van der Waals surface area (Å²) in [6.07, 6.45) is 2.16. The Morgan fingerprint density at radius 1 is 1.43 bits per heavy atom. The van der Waals surface area contributed by atoms with Gasteiger partial charge in [-0.3, -0.25) is 0 Å². The van der Waals surface area contributed by atoms with Crippen LogP contribution in [0.5, 0.6) is 0 Å². The first-order valence-electron chi connectivity index (χ1n) is 4.81. The van der Waals surface area contributed by atoms with Crippen LogP contribution in [0.3, 0.4) is 0 Å². The standard InChI is InChI=1S/C11H13NO2/c12-11(13)14-10-7-3-5-8-4-1-2-6-9(8)10/h1-2,4,6,10H,3,5,7H2,(H2,12,13). The third-order valence-electron chi connectivity index (χ3n) is 2.57. The highest BCUT2D eigenvalue weighted by Gasteiger charge is 2.21. The Balaban J connectivity index is 2.26. The molecule has 0 heterocycles. The zero-order valence-electron chi connectivity index (χ0n) is 7.90. The van der Waals surface area contributed by atoms with Gasteiger partial charge in [0, 0.05) is 0 Å². The minimum atomic E-state index is -0.688. The van der Waals surface area contributed by atoms with Crippen LogP contribution < -0.4 is 5.73 Å². The van der Waals surface area contributed by atoms with Gasteiger partial charge in [-0.25, -0.2) is 4.79 Å². The molecule has 0 bridgehead atoms. The lowest BCUT2D eigenvalue weighted by Gasteiger charge is -2.24. The molecule has 1 unspecified atom stereocenters. The number of ether oxygens (including phenoxy) is 1. The second kappa shape index (κ2) is 3.70. The van der Waals surface area contributed by atoms with Crippen LogP contribution in [-0.2, 0) is 11.2 Å². The summed E-state index contributed by atoms with van der Waals surface area (Å²) >= 11 is 0. The van der Waals surface area contributed by atoms with Crippen molar-refractivity contribution in [2.45, 2.75) is 25.4 Å². The second-order valence-corrected chi connectivity index (χ2v) is 3.52. The molecule has 1 amide bonds. The van der Waals surface area contributed by atoms with E-state index in [1.807, 2.05) is 18.2 Å².